The lowest BCUT2D eigenvalue weighted by Crippen LogP contribution is -2.35. The first-order valence-electron chi connectivity index (χ1n) is 5.94. The Hall–Kier alpha value is -0.0400. The van der Waals surface area contributed by atoms with Gasteiger partial charge < -0.3 is 4.90 Å². The Balaban J connectivity index is 2.18. The van der Waals surface area contributed by atoms with Crippen molar-refractivity contribution in [1.82, 2.24) is 4.90 Å². The van der Waals surface area contributed by atoms with Crippen molar-refractivity contribution >= 4 is 0 Å². The molecule has 0 spiro atoms. The lowest BCUT2D eigenvalue weighted by molar-refractivity contribution is 0.171. The van der Waals surface area contributed by atoms with Crippen LogP contribution >= 0.6 is 0 Å². The second-order valence-electron chi connectivity index (χ2n) is 4.87. The van der Waals surface area contributed by atoms with Crippen LogP contribution < -0.4 is 0 Å². The van der Waals surface area contributed by atoms with Crippen LogP contribution in [-0.4, -0.2) is 24.5 Å². The van der Waals surface area contributed by atoms with E-state index in [1.54, 1.807) is 0 Å². The SMILES string of the molecule is CCN1CCCC(CCC(C)C)C1. The van der Waals surface area contributed by atoms with E-state index in [1.807, 2.05) is 0 Å². The zero-order valence-electron chi connectivity index (χ0n) is 9.55. The molecule has 0 aromatic heterocycles. The fraction of sp³-hybridized carbons (Fsp3) is 1.00. The zero-order valence-corrected chi connectivity index (χ0v) is 9.55. The smallest absolute Gasteiger partial charge is 0.000955 e. The van der Waals surface area contributed by atoms with Crippen molar-refractivity contribution in [3.8, 4) is 0 Å². The van der Waals surface area contributed by atoms with Crippen molar-refractivity contribution in [3.63, 3.8) is 0 Å². The van der Waals surface area contributed by atoms with Gasteiger partial charge in [0.05, 0.1) is 0 Å². The molecule has 0 amide bonds. The minimum atomic E-state index is 0.886. The molecule has 1 rings (SSSR count). The average molecular weight is 183 g/mol. The van der Waals surface area contributed by atoms with Crippen LogP contribution in [0.4, 0.5) is 0 Å². The van der Waals surface area contributed by atoms with E-state index in [2.05, 4.69) is 25.7 Å². The molecule has 1 aliphatic heterocycles. The summed E-state index contributed by atoms with van der Waals surface area (Å²) in [6.45, 7) is 10.9. The van der Waals surface area contributed by atoms with Gasteiger partial charge in [0.2, 0.25) is 0 Å². The molecule has 0 aromatic rings. The molecule has 1 nitrogen and oxygen atoms in total. The van der Waals surface area contributed by atoms with Gasteiger partial charge in [0.15, 0.2) is 0 Å². The third kappa shape index (κ3) is 4.12. The molecule has 0 bridgehead atoms. The highest BCUT2D eigenvalue weighted by Gasteiger charge is 2.18. The molecule has 1 saturated heterocycles. The number of piperidine rings is 1. The summed E-state index contributed by atoms with van der Waals surface area (Å²) in [5, 5.41) is 0. The number of hydrogen-bond acceptors (Lipinski definition) is 1. The molecular formula is C12H25N. The van der Waals surface area contributed by atoms with Crippen LogP contribution in [0.15, 0.2) is 0 Å². The molecule has 1 atom stereocenters. The maximum Gasteiger partial charge on any atom is 0.000955 e. The van der Waals surface area contributed by atoms with Crippen molar-refractivity contribution in [2.45, 2.75) is 46.5 Å². The average Bonchev–Trinajstić information content (AvgIpc) is 2.15. The quantitative estimate of drug-likeness (QED) is 0.647. The summed E-state index contributed by atoms with van der Waals surface area (Å²) in [6, 6.07) is 0. The van der Waals surface area contributed by atoms with E-state index in [1.165, 1.54) is 45.3 Å². The largest absolute Gasteiger partial charge is 0.303 e. The Morgan fingerprint density at radius 2 is 2.15 bits per heavy atom. The molecule has 1 unspecified atom stereocenters. The molecule has 1 aliphatic rings. The molecule has 0 radical (unpaired) electrons. The van der Waals surface area contributed by atoms with Crippen molar-refractivity contribution in [1.29, 1.82) is 0 Å². The third-order valence-corrected chi connectivity index (χ3v) is 3.20. The lowest BCUT2D eigenvalue weighted by atomic mass is 9.91. The number of likely N-dealkylation sites (tertiary alicyclic amines) is 1. The van der Waals surface area contributed by atoms with E-state index in [4.69, 9.17) is 0 Å². The van der Waals surface area contributed by atoms with Crippen molar-refractivity contribution in [3.05, 3.63) is 0 Å². The molecule has 78 valence electrons. The molecule has 13 heavy (non-hydrogen) atoms. The second kappa shape index (κ2) is 5.64. The molecule has 0 saturated carbocycles. The minimum absolute atomic E-state index is 0.886. The lowest BCUT2D eigenvalue weighted by Gasteiger charge is -2.32. The highest BCUT2D eigenvalue weighted by Crippen LogP contribution is 2.22. The molecule has 1 heterocycles. The van der Waals surface area contributed by atoms with Crippen molar-refractivity contribution in [2.24, 2.45) is 11.8 Å². The standard InChI is InChI=1S/C12H25N/c1-4-13-9-5-6-12(10-13)8-7-11(2)3/h11-12H,4-10H2,1-3H3. The Kier molecular flexibility index (Phi) is 4.79. The first-order chi connectivity index (χ1) is 6.22. The van der Waals surface area contributed by atoms with Gasteiger partial charge in [0, 0.05) is 6.54 Å². The summed E-state index contributed by atoms with van der Waals surface area (Å²) in [6.07, 6.45) is 5.77. The van der Waals surface area contributed by atoms with Crippen LogP contribution in [-0.2, 0) is 0 Å². The van der Waals surface area contributed by atoms with E-state index < -0.39 is 0 Å². The normalized spacial score (nSPS) is 25.4. The summed E-state index contributed by atoms with van der Waals surface area (Å²) in [5.74, 6) is 1.88. The monoisotopic (exact) mass is 183 g/mol. The molecular weight excluding hydrogens is 158 g/mol. The highest BCUT2D eigenvalue weighted by atomic mass is 15.1. The second-order valence-corrected chi connectivity index (χ2v) is 4.87. The predicted molar refractivity (Wildman–Crippen MR) is 58.9 cm³/mol. The molecule has 0 aromatic carbocycles. The van der Waals surface area contributed by atoms with Gasteiger partial charge in [-0.1, -0.05) is 27.2 Å². The van der Waals surface area contributed by atoms with Gasteiger partial charge in [0.25, 0.3) is 0 Å². The predicted octanol–water partition coefficient (Wildman–Crippen LogP) is 3.15. The Morgan fingerprint density at radius 1 is 1.38 bits per heavy atom. The topological polar surface area (TPSA) is 3.24 Å². The van der Waals surface area contributed by atoms with E-state index in [-0.39, 0.29) is 0 Å². The maximum atomic E-state index is 2.61. The van der Waals surface area contributed by atoms with E-state index in [9.17, 15) is 0 Å². The van der Waals surface area contributed by atoms with Crippen molar-refractivity contribution in [2.75, 3.05) is 19.6 Å². The van der Waals surface area contributed by atoms with Gasteiger partial charge in [-0.15, -0.1) is 0 Å². The van der Waals surface area contributed by atoms with Gasteiger partial charge >= 0.3 is 0 Å². The third-order valence-electron chi connectivity index (χ3n) is 3.20. The Bertz CT molecular complexity index is 131. The van der Waals surface area contributed by atoms with E-state index >= 15 is 0 Å². The summed E-state index contributed by atoms with van der Waals surface area (Å²) in [4.78, 5) is 2.61. The van der Waals surface area contributed by atoms with E-state index in [0.717, 1.165) is 11.8 Å². The fourth-order valence-electron chi connectivity index (χ4n) is 2.24. The van der Waals surface area contributed by atoms with Gasteiger partial charge in [-0.25, -0.2) is 0 Å². The number of hydrogen-bond donors (Lipinski definition) is 0. The first kappa shape index (κ1) is 11.0. The van der Waals surface area contributed by atoms with Crippen LogP contribution in [0.25, 0.3) is 0 Å². The number of rotatable bonds is 4. The maximum absolute atomic E-state index is 2.61. The highest BCUT2D eigenvalue weighted by molar-refractivity contribution is 4.72. The summed E-state index contributed by atoms with van der Waals surface area (Å²) in [7, 11) is 0. The molecule has 1 heteroatoms. The van der Waals surface area contributed by atoms with Crippen LogP contribution in [0.2, 0.25) is 0 Å². The summed E-state index contributed by atoms with van der Waals surface area (Å²) in [5.41, 5.74) is 0. The summed E-state index contributed by atoms with van der Waals surface area (Å²) < 4.78 is 0. The van der Waals surface area contributed by atoms with Crippen LogP contribution in [0.5, 0.6) is 0 Å². The van der Waals surface area contributed by atoms with Crippen LogP contribution in [0, 0.1) is 11.8 Å². The number of nitrogens with zero attached hydrogens (tertiary/aromatic N) is 1. The van der Waals surface area contributed by atoms with Crippen LogP contribution in [0.3, 0.4) is 0 Å². The van der Waals surface area contributed by atoms with Crippen LogP contribution in [0.1, 0.15) is 46.5 Å². The molecule has 1 fully saturated rings. The molecule has 0 aliphatic carbocycles. The van der Waals surface area contributed by atoms with Gasteiger partial charge in [-0.05, 0) is 44.2 Å². The van der Waals surface area contributed by atoms with Crippen molar-refractivity contribution < 1.29 is 0 Å². The minimum Gasteiger partial charge on any atom is -0.303 e. The van der Waals surface area contributed by atoms with E-state index in [0.29, 0.717) is 0 Å². The Labute approximate surface area is 83.5 Å². The van der Waals surface area contributed by atoms with Gasteiger partial charge in [-0.2, -0.15) is 0 Å². The summed E-state index contributed by atoms with van der Waals surface area (Å²) >= 11 is 0. The first-order valence-corrected chi connectivity index (χ1v) is 5.94. The van der Waals surface area contributed by atoms with Gasteiger partial charge in [0.1, 0.15) is 0 Å². The Morgan fingerprint density at radius 3 is 2.77 bits per heavy atom. The zero-order chi connectivity index (χ0) is 9.68. The van der Waals surface area contributed by atoms with Gasteiger partial charge in [-0.3, -0.25) is 0 Å². The fourth-order valence-corrected chi connectivity index (χ4v) is 2.24. The molecule has 0 N–H and O–H groups in total.